The first-order valence-electron chi connectivity index (χ1n) is 6.15. The van der Waals surface area contributed by atoms with Crippen molar-refractivity contribution in [1.82, 2.24) is 14.8 Å². The third kappa shape index (κ3) is 4.45. The molecule has 1 unspecified atom stereocenters. The molecule has 0 fully saturated rings. The van der Waals surface area contributed by atoms with Crippen LogP contribution in [-0.2, 0) is 17.7 Å². The topological polar surface area (TPSA) is 77.2 Å². The number of aliphatic hydroxyl groups excluding tert-OH is 1. The highest BCUT2D eigenvalue weighted by Crippen LogP contribution is 2.19. The lowest BCUT2D eigenvalue weighted by atomic mass is 10.1. The summed E-state index contributed by atoms with van der Waals surface area (Å²) < 4.78 is 6.02. The van der Waals surface area contributed by atoms with Crippen molar-refractivity contribution in [1.29, 1.82) is 0 Å². The number of ether oxygens (including phenoxy) is 1. The van der Waals surface area contributed by atoms with Crippen LogP contribution in [0.3, 0.4) is 0 Å². The number of aliphatic hydroxyl groups is 1. The summed E-state index contributed by atoms with van der Waals surface area (Å²) in [6.07, 6.45) is 1.03. The van der Waals surface area contributed by atoms with Crippen LogP contribution in [0.25, 0.3) is 0 Å². The van der Waals surface area contributed by atoms with E-state index in [9.17, 15) is 9.90 Å². The molecule has 0 bridgehead atoms. The Bertz CT molecular complexity index is 620. The molecule has 8 heteroatoms. The van der Waals surface area contributed by atoms with Crippen LogP contribution < -0.4 is 0 Å². The number of carbonyl (C=O) groups excluding carboxylic acids is 1. The highest BCUT2D eigenvalue weighted by Gasteiger charge is 2.15. The monoisotopic (exact) mass is 327 g/mol. The van der Waals surface area contributed by atoms with Gasteiger partial charge in [-0.2, -0.15) is 5.10 Å². The van der Waals surface area contributed by atoms with Crippen molar-refractivity contribution in [3.63, 3.8) is 0 Å². The van der Waals surface area contributed by atoms with E-state index in [4.69, 9.17) is 11.6 Å². The van der Waals surface area contributed by atoms with Gasteiger partial charge in [0.1, 0.15) is 6.33 Å². The van der Waals surface area contributed by atoms with Crippen LogP contribution in [0.4, 0.5) is 4.79 Å². The minimum Gasteiger partial charge on any atom is -0.461 e. The van der Waals surface area contributed by atoms with Crippen LogP contribution in [0.5, 0.6) is 0 Å². The number of benzene rings is 1. The minimum absolute atomic E-state index is 0.213. The van der Waals surface area contributed by atoms with Gasteiger partial charge >= 0.3 is 5.30 Å². The Morgan fingerprint density at radius 2 is 2.29 bits per heavy atom. The molecule has 6 nitrogen and oxygen atoms in total. The maximum absolute atomic E-state index is 11.2. The van der Waals surface area contributed by atoms with E-state index in [0.29, 0.717) is 16.6 Å². The quantitative estimate of drug-likeness (QED) is 0.671. The third-order valence-corrected chi connectivity index (χ3v) is 3.92. The standard InChI is InChI=1S/C13H14ClN3O3S/c1-20-13(19)21-12-15-8-16-17(12)7-10(18)6-9-4-2-3-5-11(9)14/h2-5,8,10,18H,6-7H2,1H3. The molecule has 0 saturated carbocycles. The molecule has 1 aromatic heterocycles. The van der Waals surface area contributed by atoms with Crippen LogP contribution in [0.2, 0.25) is 5.02 Å². The molecule has 0 aliphatic rings. The molecule has 21 heavy (non-hydrogen) atoms. The third-order valence-electron chi connectivity index (χ3n) is 2.72. The molecule has 2 rings (SSSR count). The number of halogens is 1. The second-order valence-corrected chi connectivity index (χ2v) is 5.54. The van der Waals surface area contributed by atoms with Crippen molar-refractivity contribution >= 4 is 28.7 Å². The number of nitrogens with zero attached hydrogens (tertiary/aromatic N) is 3. The number of aromatic nitrogens is 3. The molecular formula is C13H14ClN3O3S. The fourth-order valence-electron chi connectivity index (χ4n) is 1.76. The molecule has 0 saturated heterocycles. The number of thioether (sulfide) groups is 1. The summed E-state index contributed by atoms with van der Waals surface area (Å²) in [5.74, 6) is 0. The Kier molecular flexibility index (Phi) is 5.60. The van der Waals surface area contributed by atoms with E-state index in [1.165, 1.54) is 18.1 Å². The number of hydrogen-bond donors (Lipinski definition) is 1. The zero-order chi connectivity index (χ0) is 15.2. The van der Waals surface area contributed by atoms with Crippen molar-refractivity contribution in [3.8, 4) is 0 Å². The zero-order valence-corrected chi connectivity index (χ0v) is 12.8. The predicted molar refractivity (Wildman–Crippen MR) is 79.4 cm³/mol. The molecule has 0 amide bonds. The van der Waals surface area contributed by atoms with Gasteiger partial charge in [0.2, 0.25) is 0 Å². The lowest BCUT2D eigenvalue weighted by Gasteiger charge is -2.12. The largest absolute Gasteiger partial charge is 0.461 e. The predicted octanol–water partition coefficient (Wildman–Crippen LogP) is 2.39. The van der Waals surface area contributed by atoms with Crippen LogP contribution in [0.15, 0.2) is 35.7 Å². The fraction of sp³-hybridized carbons (Fsp3) is 0.308. The number of rotatable bonds is 5. The lowest BCUT2D eigenvalue weighted by Crippen LogP contribution is -2.20. The zero-order valence-electron chi connectivity index (χ0n) is 11.3. The van der Waals surface area contributed by atoms with Crippen LogP contribution in [0.1, 0.15) is 5.56 Å². The van der Waals surface area contributed by atoms with Crippen molar-refractivity contribution in [2.75, 3.05) is 7.11 Å². The number of methoxy groups -OCH3 is 1. The van der Waals surface area contributed by atoms with Gasteiger partial charge < -0.3 is 9.84 Å². The van der Waals surface area contributed by atoms with Gasteiger partial charge in [-0.3, -0.25) is 0 Å². The Balaban J connectivity index is 2.00. The molecule has 1 heterocycles. The SMILES string of the molecule is COC(=O)Sc1ncnn1CC(O)Cc1ccccc1Cl. The van der Waals surface area contributed by atoms with Gasteiger partial charge in [-0.15, -0.1) is 0 Å². The first kappa shape index (κ1) is 15.8. The van der Waals surface area contributed by atoms with Gasteiger partial charge in [0.15, 0.2) is 5.16 Å². The Labute approximate surface area is 131 Å². The summed E-state index contributed by atoms with van der Waals surface area (Å²) in [7, 11) is 1.29. The summed E-state index contributed by atoms with van der Waals surface area (Å²) in [5.41, 5.74) is 0.856. The highest BCUT2D eigenvalue weighted by molar-refractivity contribution is 8.13. The van der Waals surface area contributed by atoms with Crippen molar-refractivity contribution in [2.45, 2.75) is 24.2 Å². The van der Waals surface area contributed by atoms with Gasteiger partial charge in [-0.1, -0.05) is 29.8 Å². The van der Waals surface area contributed by atoms with E-state index in [2.05, 4.69) is 14.8 Å². The van der Waals surface area contributed by atoms with Crippen LogP contribution in [0, 0.1) is 0 Å². The summed E-state index contributed by atoms with van der Waals surface area (Å²) in [6, 6.07) is 7.33. The van der Waals surface area contributed by atoms with Gasteiger partial charge in [-0.25, -0.2) is 14.5 Å². The Morgan fingerprint density at radius 3 is 3.00 bits per heavy atom. The Morgan fingerprint density at radius 1 is 1.52 bits per heavy atom. The summed E-state index contributed by atoms with van der Waals surface area (Å²) in [5, 5.41) is 14.6. The molecular weight excluding hydrogens is 314 g/mol. The van der Waals surface area contributed by atoms with Gasteiger partial charge in [0, 0.05) is 23.2 Å². The second kappa shape index (κ2) is 7.44. The van der Waals surface area contributed by atoms with Crippen molar-refractivity contribution < 1.29 is 14.6 Å². The van der Waals surface area contributed by atoms with E-state index in [0.717, 1.165) is 17.3 Å². The van der Waals surface area contributed by atoms with Crippen LogP contribution in [-0.4, -0.2) is 38.4 Å². The molecule has 1 N–H and O–H groups in total. The minimum atomic E-state index is -0.691. The summed E-state index contributed by atoms with van der Waals surface area (Å²) >= 11 is 6.88. The number of hydrogen-bond acceptors (Lipinski definition) is 6. The first-order chi connectivity index (χ1) is 10.1. The van der Waals surface area contributed by atoms with Crippen molar-refractivity contribution in [3.05, 3.63) is 41.2 Å². The highest BCUT2D eigenvalue weighted by atomic mass is 35.5. The molecule has 0 aliphatic heterocycles. The van der Waals surface area contributed by atoms with Crippen molar-refractivity contribution in [2.24, 2.45) is 0 Å². The van der Waals surface area contributed by atoms with Crippen LogP contribution >= 0.6 is 23.4 Å². The van der Waals surface area contributed by atoms with E-state index in [-0.39, 0.29) is 6.54 Å². The molecule has 0 spiro atoms. The van der Waals surface area contributed by atoms with E-state index in [1.807, 2.05) is 18.2 Å². The molecule has 112 valence electrons. The fourth-order valence-corrected chi connectivity index (χ4v) is 2.53. The van der Waals surface area contributed by atoms with E-state index in [1.54, 1.807) is 6.07 Å². The normalized spacial score (nSPS) is 12.1. The van der Waals surface area contributed by atoms with Gasteiger partial charge in [0.05, 0.1) is 19.8 Å². The second-order valence-electron chi connectivity index (χ2n) is 4.23. The first-order valence-corrected chi connectivity index (χ1v) is 7.34. The maximum Gasteiger partial charge on any atom is 0.374 e. The van der Waals surface area contributed by atoms with Gasteiger partial charge in [-0.05, 0) is 11.6 Å². The number of carbonyl (C=O) groups is 1. The average Bonchev–Trinajstić information content (AvgIpc) is 2.88. The maximum atomic E-state index is 11.2. The smallest absolute Gasteiger partial charge is 0.374 e. The molecule has 2 aromatic rings. The lowest BCUT2D eigenvalue weighted by molar-refractivity contribution is 0.145. The summed E-state index contributed by atoms with van der Waals surface area (Å²) in [6.45, 7) is 0.213. The van der Waals surface area contributed by atoms with E-state index >= 15 is 0 Å². The summed E-state index contributed by atoms with van der Waals surface area (Å²) in [4.78, 5) is 15.2. The molecule has 1 atom stereocenters. The molecule has 0 aliphatic carbocycles. The van der Waals surface area contributed by atoms with Gasteiger partial charge in [0.25, 0.3) is 0 Å². The molecule has 0 radical (unpaired) electrons. The molecule has 1 aromatic carbocycles. The average molecular weight is 328 g/mol. The van der Waals surface area contributed by atoms with E-state index < -0.39 is 11.4 Å². The Hall–Kier alpha value is -1.57.